The van der Waals surface area contributed by atoms with Crippen molar-refractivity contribution >= 4 is 23.4 Å². The standard InChI is InChI=1S/C22H25FN6O.FH/c1-13-8-9-16(23)17(10-13)26-21(30)27-19-12-18(22(2,3)4)28-29(19)15-7-5-6-14(11-15)20(24)25;/h5-12H,1-4H3,(H3,24,25)(H2,26,27,30);1H. The van der Waals surface area contributed by atoms with E-state index in [-0.39, 0.29) is 21.6 Å². The Morgan fingerprint density at radius 3 is 2.48 bits per heavy atom. The minimum Gasteiger partial charge on any atom is -0.384 e. The van der Waals surface area contributed by atoms with Crippen molar-refractivity contribution in [3.05, 3.63) is 71.2 Å². The number of aromatic nitrogens is 2. The first-order valence-corrected chi connectivity index (χ1v) is 9.44. The molecule has 0 aliphatic carbocycles. The van der Waals surface area contributed by atoms with E-state index in [4.69, 9.17) is 11.1 Å². The van der Waals surface area contributed by atoms with E-state index in [1.807, 2.05) is 27.7 Å². The molecule has 0 saturated carbocycles. The highest BCUT2D eigenvalue weighted by atomic mass is 19.1. The molecule has 2 amide bonds. The van der Waals surface area contributed by atoms with Gasteiger partial charge in [-0.1, -0.05) is 39.0 Å². The first-order chi connectivity index (χ1) is 14.0. The van der Waals surface area contributed by atoms with Crippen LogP contribution in [-0.2, 0) is 5.41 Å². The number of amides is 2. The highest BCUT2D eigenvalue weighted by Crippen LogP contribution is 2.27. The van der Waals surface area contributed by atoms with Crippen molar-refractivity contribution in [3.63, 3.8) is 0 Å². The summed E-state index contributed by atoms with van der Waals surface area (Å²) in [5, 5.41) is 17.6. The molecule has 0 saturated heterocycles. The molecule has 2 aromatic carbocycles. The van der Waals surface area contributed by atoms with Gasteiger partial charge in [0, 0.05) is 17.0 Å². The first kappa shape index (κ1) is 23.5. The van der Waals surface area contributed by atoms with Crippen LogP contribution >= 0.6 is 0 Å². The third-order valence-corrected chi connectivity index (χ3v) is 4.49. The van der Waals surface area contributed by atoms with Crippen LogP contribution in [-0.4, -0.2) is 21.6 Å². The minimum absolute atomic E-state index is 0. The topological polar surface area (TPSA) is 109 Å². The van der Waals surface area contributed by atoms with Crippen molar-refractivity contribution in [1.29, 1.82) is 5.41 Å². The summed E-state index contributed by atoms with van der Waals surface area (Å²) in [5.41, 5.74) is 8.19. The Bertz CT molecular complexity index is 1120. The fraction of sp³-hybridized carbons (Fsp3) is 0.227. The fourth-order valence-corrected chi connectivity index (χ4v) is 2.84. The maximum Gasteiger partial charge on any atom is 0.324 e. The van der Waals surface area contributed by atoms with E-state index in [1.54, 1.807) is 47.1 Å². The predicted molar refractivity (Wildman–Crippen MR) is 120 cm³/mol. The van der Waals surface area contributed by atoms with Gasteiger partial charge in [0.2, 0.25) is 0 Å². The number of aryl methyl sites for hydroxylation is 1. The zero-order valence-electron chi connectivity index (χ0n) is 17.8. The molecule has 3 aromatic rings. The molecular formula is C22H26F2N6O. The number of carbonyl (C=O) groups excluding carboxylic acids is 1. The van der Waals surface area contributed by atoms with Crippen molar-refractivity contribution in [2.75, 3.05) is 10.6 Å². The molecule has 0 spiro atoms. The first-order valence-electron chi connectivity index (χ1n) is 9.44. The molecule has 0 unspecified atom stereocenters. The van der Waals surface area contributed by atoms with Crippen LogP contribution in [0.1, 0.15) is 37.6 Å². The van der Waals surface area contributed by atoms with Crippen LogP contribution in [0.15, 0.2) is 48.5 Å². The van der Waals surface area contributed by atoms with Gasteiger partial charge in [0.25, 0.3) is 0 Å². The van der Waals surface area contributed by atoms with Crippen LogP contribution in [0.4, 0.5) is 25.4 Å². The van der Waals surface area contributed by atoms with Gasteiger partial charge >= 0.3 is 6.03 Å². The molecule has 9 heteroatoms. The molecule has 0 atom stereocenters. The maximum atomic E-state index is 14.0. The van der Waals surface area contributed by atoms with Crippen molar-refractivity contribution in [2.45, 2.75) is 33.1 Å². The van der Waals surface area contributed by atoms with Gasteiger partial charge in [-0.25, -0.2) is 13.9 Å². The molecular weight excluding hydrogens is 402 g/mol. The largest absolute Gasteiger partial charge is 0.384 e. The summed E-state index contributed by atoms with van der Waals surface area (Å²) < 4.78 is 15.6. The molecule has 0 radical (unpaired) electrons. The number of hydrogen-bond acceptors (Lipinski definition) is 3. The van der Waals surface area contributed by atoms with Gasteiger partial charge in [-0.15, -0.1) is 0 Å². The molecule has 0 bridgehead atoms. The monoisotopic (exact) mass is 428 g/mol. The predicted octanol–water partition coefficient (Wildman–Crippen LogP) is 4.70. The average Bonchev–Trinajstić information content (AvgIpc) is 3.09. The van der Waals surface area contributed by atoms with Gasteiger partial charge in [0.1, 0.15) is 17.5 Å². The molecule has 164 valence electrons. The molecule has 1 heterocycles. The summed E-state index contributed by atoms with van der Waals surface area (Å²) in [7, 11) is 0. The van der Waals surface area contributed by atoms with Gasteiger partial charge in [0.05, 0.1) is 17.1 Å². The zero-order valence-corrected chi connectivity index (χ0v) is 17.8. The Hall–Kier alpha value is -3.75. The van der Waals surface area contributed by atoms with E-state index >= 15 is 0 Å². The Labute approximate surface area is 179 Å². The quantitative estimate of drug-likeness (QED) is 0.357. The fourth-order valence-electron chi connectivity index (χ4n) is 2.84. The van der Waals surface area contributed by atoms with Gasteiger partial charge in [-0.2, -0.15) is 5.10 Å². The third-order valence-electron chi connectivity index (χ3n) is 4.49. The summed E-state index contributed by atoms with van der Waals surface area (Å²) in [5.74, 6) is -0.179. The van der Waals surface area contributed by atoms with Crippen LogP contribution in [0.25, 0.3) is 5.69 Å². The van der Waals surface area contributed by atoms with Crippen molar-refractivity contribution in [1.82, 2.24) is 9.78 Å². The number of rotatable bonds is 4. The summed E-state index contributed by atoms with van der Waals surface area (Å²) in [4.78, 5) is 12.6. The number of nitrogens with two attached hydrogens (primary N) is 1. The van der Waals surface area contributed by atoms with Crippen molar-refractivity contribution < 1.29 is 13.9 Å². The number of halogens is 2. The molecule has 7 nitrogen and oxygen atoms in total. The molecule has 0 aliphatic heterocycles. The van der Waals surface area contributed by atoms with E-state index in [1.165, 1.54) is 6.07 Å². The highest BCUT2D eigenvalue weighted by molar-refractivity contribution is 5.99. The smallest absolute Gasteiger partial charge is 0.324 e. The SMILES string of the molecule is Cc1ccc(F)c(NC(=O)Nc2cc(C(C)(C)C)nn2-c2cccc(C(=N)N)c2)c1.F. The summed E-state index contributed by atoms with van der Waals surface area (Å²) in [6.45, 7) is 7.85. The van der Waals surface area contributed by atoms with Crippen LogP contribution in [0.2, 0.25) is 0 Å². The van der Waals surface area contributed by atoms with Gasteiger partial charge in [-0.3, -0.25) is 15.4 Å². The van der Waals surface area contributed by atoms with Gasteiger partial charge < -0.3 is 11.1 Å². The normalized spacial score (nSPS) is 10.9. The molecule has 31 heavy (non-hydrogen) atoms. The zero-order chi connectivity index (χ0) is 22.1. The summed E-state index contributed by atoms with van der Waals surface area (Å²) in [6, 6.07) is 12.7. The number of nitrogen functional groups attached to an aromatic ring is 1. The third kappa shape index (κ3) is 5.44. The number of amidine groups is 1. The maximum absolute atomic E-state index is 14.0. The molecule has 0 fully saturated rings. The van der Waals surface area contributed by atoms with Crippen LogP contribution in [0.5, 0.6) is 0 Å². The Morgan fingerprint density at radius 2 is 1.84 bits per heavy atom. The van der Waals surface area contributed by atoms with Gasteiger partial charge in [0.15, 0.2) is 0 Å². The number of nitrogens with one attached hydrogen (secondary N) is 3. The lowest BCUT2D eigenvalue weighted by molar-refractivity contribution is 0.262. The number of nitrogens with zero attached hydrogens (tertiary/aromatic N) is 2. The molecule has 3 rings (SSSR count). The second kappa shape index (κ2) is 8.95. The van der Waals surface area contributed by atoms with E-state index < -0.39 is 11.8 Å². The number of benzene rings is 2. The lowest BCUT2D eigenvalue weighted by atomic mass is 9.92. The number of anilines is 2. The lowest BCUT2D eigenvalue weighted by Gasteiger charge is -2.14. The van der Waals surface area contributed by atoms with E-state index in [0.29, 0.717) is 17.1 Å². The molecule has 0 aliphatic rings. The second-order valence-corrected chi connectivity index (χ2v) is 8.10. The molecule has 5 N–H and O–H groups in total. The molecule has 1 aromatic heterocycles. The highest BCUT2D eigenvalue weighted by Gasteiger charge is 2.22. The second-order valence-electron chi connectivity index (χ2n) is 8.10. The number of urea groups is 1. The van der Waals surface area contributed by atoms with Gasteiger partial charge in [-0.05, 0) is 36.8 Å². The van der Waals surface area contributed by atoms with Crippen molar-refractivity contribution in [2.24, 2.45) is 5.73 Å². The van der Waals surface area contributed by atoms with E-state index in [0.717, 1.165) is 11.3 Å². The summed E-state index contributed by atoms with van der Waals surface area (Å²) >= 11 is 0. The van der Waals surface area contributed by atoms with Crippen molar-refractivity contribution in [3.8, 4) is 5.69 Å². The lowest BCUT2D eigenvalue weighted by Crippen LogP contribution is -2.22. The van der Waals surface area contributed by atoms with Crippen LogP contribution in [0, 0.1) is 18.2 Å². The Kier molecular flexibility index (Phi) is 6.79. The Balaban J connectivity index is 0.00000341. The van der Waals surface area contributed by atoms with Crippen LogP contribution in [0.3, 0.4) is 0 Å². The van der Waals surface area contributed by atoms with E-state index in [9.17, 15) is 9.18 Å². The van der Waals surface area contributed by atoms with Crippen LogP contribution < -0.4 is 16.4 Å². The minimum atomic E-state index is -0.594. The number of hydrogen-bond donors (Lipinski definition) is 4. The Morgan fingerprint density at radius 1 is 1.13 bits per heavy atom. The van der Waals surface area contributed by atoms with E-state index in [2.05, 4.69) is 15.7 Å². The number of carbonyl (C=O) groups is 1. The summed E-state index contributed by atoms with van der Waals surface area (Å²) in [6.07, 6.45) is 0. The average molecular weight is 428 g/mol.